The van der Waals surface area contributed by atoms with Crippen LogP contribution in [0.4, 0.5) is 5.69 Å². The Labute approximate surface area is 168 Å². The molecule has 4 rings (SSSR count). The van der Waals surface area contributed by atoms with Gasteiger partial charge in [0.2, 0.25) is 0 Å². The van der Waals surface area contributed by atoms with Gasteiger partial charge < -0.3 is 10.3 Å². The first-order valence-electron chi connectivity index (χ1n) is 8.88. The number of rotatable bonds is 4. The molecule has 4 nitrogen and oxygen atoms in total. The van der Waals surface area contributed by atoms with Crippen LogP contribution in [0.25, 0.3) is 22.6 Å². The number of amides is 1. The first-order chi connectivity index (χ1) is 13.6. The summed E-state index contributed by atoms with van der Waals surface area (Å²) in [5, 5.41) is 3.52. The predicted octanol–water partition coefficient (Wildman–Crippen LogP) is 5.96. The third kappa shape index (κ3) is 3.97. The van der Waals surface area contributed by atoms with E-state index in [-0.39, 0.29) is 5.91 Å². The van der Waals surface area contributed by atoms with E-state index >= 15 is 0 Å². The number of hydrogen-bond acceptors (Lipinski definition) is 2. The zero-order valence-electron chi connectivity index (χ0n) is 15.2. The van der Waals surface area contributed by atoms with Crippen molar-refractivity contribution in [3.8, 4) is 22.6 Å². The molecule has 0 spiro atoms. The molecule has 5 heteroatoms. The number of benzene rings is 3. The Morgan fingerprint density at radius 1 is 0.964 bits per heavy atom. The summed E-state index contributed by atoms with van der Waals surface area (Å²) in [5.41, 5.74) is 5.34. The molecule has 0 saturated heterocycles. The first-order valence-corrected chi connectivity index (χ1v) is 9.26. The number of nitrogens with zero attached hydrogens (tertiary/aromatic N) is 1. The number of aryl methyl sites for hydroxylation is 1. The fourth-order valence-electron chi connectivity index (χ4n) is 2.90. The molecule has 1 amide bonds. The van der Waals surface area contributed by atoms with E-state index in [0.29, 0.717) is 16.3 Å². The van der Waals surface area contributed by atoms with Gasteiger partial charge in [-0.15, -0.1) is 0 Å². The van der Waals surface area contributed by atoms with E-state index in [1.807, 2.05) is 36.4 Å². The molecule has 0 bridgehead atoms. The number of carbonyl (C=O) groups excluding carboxylic acids is 1. The monoisotopic (exact) mass is 387 g/mol. The van der Waals surface area contributed by atoms with E-state index in [2.05, 4.69) is 34.3 Å². The number of hydrogen-bond donors (Lipinski definition) is 2. The largest absolute Gasteiger partial charge is 0.338 e. The summed E-state index contributed by atoms with van der Waals surface area (Å²) in [4.78, 5) is 20.2. The Balaban J connectivity index is 1.55. The number of anilines is 1. The van der Waals surface area contributed by atoms with E-state index < -0.39 is 0 Å². The zero-order chi connectivity index (χ0) is 19.5. The van der Waals surface area contributed by atoms with E-state index in [4.69, 9.17) is 11.6 Å². The topological polar surface area (TPSA) is 57.8 Å². The lowest BCUT2D eigenvalue weighted by Crippen LogP contribution is -2.11. The van der Waals surface area contributed by atoms with Crippen LogP contribution in [0.3, 0.4) is 0 Å². The van der Waals surface area contributed by atoms with E-state index in [1.54, 1.807) is 30.5 Å². The maximum Gasteiger partial charge on any atom is 0.255 e. The molecule has 1 aromatic heterocycles. The van der Waals surface area contributed by atoms with Gasteiger partial charge in [0.25, 0.3) is 5.91 Å². The van der Waals surface area contributed by atoms with Crippen molar-refractivity contribution in [2.75, 3.05) is 5.32 Å². The Kier molecular flexibility index (Phi) is 4.96. The van der Waals surface area contributed by atoms with Gasteiger partial charge in [-0.2, -0.15) is 0 Å². The third-order valence-corrected chi connectivity index (χ3v) is 4.69. The van der Waals surface area contributed by atoms with Crippen molar-refractivity contribution in [2.45, 2.75) is 6.92 Å². The molecule has 0 radical (unpaired) electrons. The van der Waals surface area contributed by atoms with Crippen LogP contribution in [0.15, 0.2) is 79.0 Å². The molecule has 138 valence electrons. The van der Waals surface area contributed by atoms with E-state index in [1.165, 1.54) is 5.56 Å². The van der Waals surface area contributed by atoms with Gasteiger partial charge in [-0.1, -0.05) is 53.6 Å². The van der Waals surface area contributed by atoms with E-state index in [9.17, 15) is 4.79 Å². The second-order valence-corrected chi connectivity index (χ2v) is 6.99. The summed E-state index contributed by atoms with van der Waals surface area (Å²) in [5.74, 6) is 0.629. The molecule has 0 aliphatic heterocycles. The van der Waals surface area contributed by atoms with Crippen molar-refractivity contribution < 1.29 is 4.79 Å². The Morgan fingerprint density at radius 3 is 2.46 bits per heavy atom. The number of aromatic amines is 1. The average molecular weight is 388 g/mol. The fourth-order valence-corrected chi connectivity index (χ4v) is 3.02. The van der Waals surface area contributed by atoms with Crippen LogP contribution in [0.5, 0.6) is 0 Å². The molecular formula is C23H18ClN3O. The summed E-state index contributed by atoms with van der Waals surface area (Å²) >= 11 is 5.88. The summed E-state index contributed by atoms with van der Waals surface area (Å²) in [7, 11) is 0. The molecule has 0 aliphatic rings. The Morgan fingerprint density at radius 2 is 1.71 bits per heavy atom. The highest BCUT2D eigenvalue weighted by Crippen LogP contribution is 2.25. The summed E-state index contributed by atoms with van der Waals surface area (Å²) in [6, 6.07) is 22.7. The molecule has 2 N–H and O–H groups in total. The second kappa shape index (κ2) is 7.71. The van der Waals surface area contributed by atoms with Crippen molar-refractivity contribution in [2.24, 2.45) is 0 Å². The van der Waals surface area contributed by atoms with E-state index in [0.717, 1.165) is 22.6 Å². The maximum absolute atomic E-state index is 12.4. The Bertz CT molecular complexity index is 1120. The van der Waals surface area contributed by atoms with Crippen LogP contribution < -0.4 is 5.32 Å². The normalized spacial score (nSPS) is 10.6. The number of halogens is 1. The minimum Gasteiger partial charge on any atom is -0.338 e. The van der Waals surface area contributed by atoms with Gasteiger partial charge in [-0.05, 0) is 43.3 Å². The highest BCUT2D eigenvalue weighted by molar-refractivity contribution is 6.30. The lowest BCUT2D eigenvalue weighted by atomic mass is 10.1. The average Bonchev–Trinajstić information content (AvgIpc) is 3.19. The molecule has 28 heavy (non-hydrogen) atoms. The van der Waals surface area contributed by atoms with Crippen molar-refractivity contribution in [1.29, 1.82) is 0 Å². The number of H-pyrrole nitrogens is 1. The van der Waals surface area contributed by atoms with Crippen LogP contribution >= 0.6 is 11.6 Å². The zero-order valence-corrected chi connectivity index (χ0v) is 16.0. The Hall–Kier alpha value is -3.37. The molecule has 0 unspecified atom stereocenters. The number of carbonyl (C=O) groups is 1. The minimum absolute atomic E-state index is 0.182. The molecule has 4 aromatic rings. The van der Waals surface area contributed by atoms with Crippen LogP contribution in [0.1, 0.15) is 15.9 Å². The van der Waals surface area contributed by atoms with Crippen LogP contribution in [0, 0.1) is 6.92 Å². The van der Waals surface area contributed by atoms with Gasteiger partial charge in [0.15, 0.2) is 0 Å². The molecule has 0 fully saturated rings. The molecular weight excluding hydrogens is 370 g/mol. The van der Waals surface area contributed by atoms with Gasteiger partial charge in [0.05, 0.1) is 11.9 Å². The number of aromatic nitrogens is 2. The molecule has 0 atom stereocenters. The smallest absolute Gasteiger partial charge is 0.255 e. The quantitative estimate of drug-likeness (QED) is 0.454. The van der Waals surface area contributed by atoms with Crippen molar-refractivity contribution in [3.63, 3.8) is 0 Å². The first kappa shape index (κ1) is 18.0. The number of imidazole rings is 1. The lowest BCUT2D eigenvalue weighted by molar-refractivity contribution is 0.102. The maximum atomic E-state index is 12.4. The van der Waals surface area contributed by atoms with Gasteiger partial charge in [0.1, 0.15) is 5.82 Å². The van der Waals surface area contributed by atoms with Gasteiger partial charge in [-0.3, -0.25) is 4.79 Å². The lowest BCUT2D eigenvalue weighted by Gasteiger charge is -2.07. The third-order valence-electron chi connectivity index (χ3n) is 4.44. The summed E-state index contributed by atoms with van der Waals surface area (Å²) < 4.78 is 0. The van der Waals surface area contributed by atoms with Crippen molar-refractivity contribution >= 4 is 23.2 Å². The highest BCUT2D eigenvalue weighted by atomic mass is 35.5. The van der Waals surface area contributed by atoms with Crippen LogP contribution in [-0.4, -0.2) is 15.9 Å². The van der Waals surface area contributed by atoms with Gasteiger partial charge >= 0.3 is 0 Å². The summed E-state index contributed by atoms with van der Waals surface area (Å²) in [6.07, 6.45) is 1.80. The van der Waals surface area contributed by atoms with Crippen LogP contribution in [-0.2, 0) is 0 Å². The molecule has 3 aromatic carbocycles. The highest BCUT2D eigenvalue weighted by Gasteiger charge is 2.09. The molecule has 1 heterocycles. The van der Waals surface area contributed by atoms with Gasteiger partial charge in [-0.25, -0.2) is 4.98 Å². The minimum atomic E-state index is -0.182. The number of nitrogens with one attached hydrogen (secondary N) is 2. The van der Waals surface area contributed by atoms with Crippen molar-refractivity contribution in [3.05, 3.63) is 95.1 Å². The standard InChI is InChI=1S/C23H18ClN3O/c1-15-5-7-16(8-6-15)22-25-14-21(27-22)18-3-2-4-20(13-18)26-23(28)17-9-11-19(24)12-10-17/h2-14H,1H3,(H,25,27)(H,26,28). The molecule has 0 saturated carbocycles. The SMILES string of the molecule is Cc1ccc(-c2ncc(-c3cccc(NC(=O)c4ccc(Cl)cc4)c3)[nH]2)cc1. The van der Waals surface area contributed by atoms with Crippen molar-refractivity contribution in [1.82, 2.24) is 9.97 Å². The van der Waals surface area contributed by atoms with Crippen LogP contribution in [0.2, 0.25) is 5.02 Å². The van der Waals surface area contributed by atoms with Gasteiger partial charge in [0, 0.05) is 27.4 Å². The predicted molar refractivity (Wildman–Crippen MR) is 114 cm³/mol. The second-order valence-electron chi connectivity index (χ2n) is 6.55. The fraction of sp³-hybridized carbons (Fsp3) is 0.0435. The molecule has 0 aliphatic carbocycles. The summed E-state index contributed by atoms with van der Waals surface area (Å²) in [6.45, 7) is 2.06.